The van der Waals surface area contributed by atoms with Crippen LogP contribution in [0, 0.1) is 0 Å². The topological polar surface area (TPSA) is 87.7 Å². The number of urea groups is 1. The monoisotopic (exact) mass is 373 g/mol. The van der Waals surface area contributed by atoms with Gasteiger partial charge in [-0.2, -0.15) is 0 Å². The highest BCUT2D eigenvalue weighted by Crippen LogP contribution is 2.34. The lowest BCUT2D eigenvalue weighted by molar-refractivity contribution is -0.120. The molecule has 3 amide bonds. The molecule has 0 aliphatic carbocycles. The number of benzene rings is 1. The van der Waals surface area contributed by atoms with E-state index in [9.17, 15) is 14.4 Å². The van der Waals surface area contributed by atoms with E-state index in [1.165, 1.54) is 6.92 Å². The highest BCUT2D eigenvalue weighted by Gasteiger charge is 2.41. The number of amides is 3. The van der Waals surface area contributed by atoms with Crippen LogP contribution < -0.4 is 10.6 Å². The molecule has 0 saturated carbocycles. The summed E-state index contributed by atoms with van der Waals surface area (Å²) in [5, 5.41) is 5.95. The van der Waals surface area contributed by atoms with Crippen molar-refractivity contribution in [1.29, 1.82) is 0 Å². The minimum absolute atomic E-state index is 0.0161. The first kappa shape index (κ1) is 19.2. The molecule has 2 aliphatic rings. The summed E-state index contributed by atoms with van der Waals surface area (Å²) < 4.78 is 4.97. The Hall–Kier alpha value is -2.57. The Labute approximate surface area is 159 Å². The number of carbonyl (C=O) groups is 3. The number of fused-ring (bicyclic) bond motifs is 2. The van der Waals surface area contributed by atoms with Gasteiger partial charge in [-0.15, -0.1) is 0 Å². The first-order chi connectivity index (χ1) is 13.0. The molecule has 0 radical (unpaired) electrons. The van der Waals surface area contributed by atoms with Gasteiger partial charge in [0.15, 0.2) is 0 Å². The Balaban J connectivity index is 1.64. The van der Waals surface area contributed by atoms with E-state index in [4.69, 9.17) is 4.74 Å². The molecule has 27 heavy (non-hydrogen) atoms. The van der Waals surface area contributed by atoms with Gasteiger partial charge in [-0.3, -0.25) is 4.79 Å². The van der Waals surface area contributed by atoms with Crippen LogP contribution in [0.4, 0.5) is 10.5 Å². The van der Waals surface area contributed by atoms with Gasteiger partial charge in [-0.25, -0.2) is 9.59 Å². The van der Waals surface area contributed by atoms with Gasteiger partial charge in [0.05, 0.1) is 12.2 Å². The lowest BCUT2D eigenvalue weighted by Gasteiger charge is -2.48. The Bertz CT molecular complexity index is 690. The molecule has 146 valence electrons. The number of esters is 1. The first-order valence-electron chi connectivity index (χ1n) is 9.61. The standard InChI is InChI=1S/C20H27N3O4/c1-3-27-19(25)14-7-9-15(10-8-14)22-20(26)23-17-5-4-6-18(23)12-16(11-17)21-13(2)24/h7-10,16-18H,3-6,11-12H2,1-2H3,(H,21,24)(H,22,26)/t17-,18-/m0/s1. The molecule has 1 aromatic carbocycles. The second kappa shape index (κ2) is 8.41. The number of piperidine rings is 2. The van der Waals surface area contributed by atoms with Crippen molar-refractivity contribution in [2.45, 2.75) is 64.1 Å². The predicted octanol–water partition coefficient (Wildman–Crippen LogP) is 2.92. The largest absolute Gasteiger partial charge is 0.462 e. The molecule has 7 nitrogen and oxygen atoms in total. The highest BCUT2D eigenvalue weighted by molar-refractivity contribution is 5.92. The van der Waals surface area contributed by atoms with Gasteiger partial charge in [0, 0.05) is 30.7 Å². The fourth-order valence-corrected chi connectivity index (χ4v) is 4.21. The van der Waals surface area contributed by atoms with Crippen molar-refractivity contribution in [2.75, 3.05) is 11.9 Å². The molecule has 3 rings (SSSR count). The molecule has 0 unspecified atom stereocenters. The summed E-state index contributed by atoms with van der Waals surface area (Å²) >= 11 is 0. The minimum Gasteiger partial charge on any atom is -0.462 e. The molecule has 2 fully saturated rings. The third kappa shape index (κ3) is 4.59. The molecule has 2 atom stereocenters. The van der Waals surface area contributed by atoms with E-state index in [0.29, 0.717) is 17.9 Å². The molecular formula is C20H27N3O4. The van der Waals surface area contributed by atoms with Gasteiger partial charge in [0.2, 0.25) is 5.91 Å². The van der Waals surface area contributed by atoms with E-state index in [0.717, 1.165) is 32.1 Å². The van der Waals surface area contributed by atoms with Gasteiger partial charge < -0.3 is 20.3 Å². The number of hydrogen-bond acceptors (Lipinski definition) is 4. The highest BCUT2D eigenvalue weighted by atomic mass is 16.5. The number of hydrogen-bond donors (Lipinski definition) is 2. The normalized spacial score (nSPS) is 24.1. The number of nitrogens with zero attached hydrogens (tertiary/aromatic N) is 1. The van der Waals surface area contributed by atoms with Gasteiger partial charge in [0.1, 0.15) is 0 Å². The van der Waals surface area contributed by atoms with Crippen LogP contribution in [0.15, 0.2) is 24.3 Å². The lowest BCUT2D eigenvalue weighted by atomic mass is 9.82. The quantitative estimate of drug-likeness (QED) is 0.795. The number of ether oxygens (including phenoxy) is 1. The predicted molar refractivity (Wildman–Crippen MR) is 102 cm³/mol. The van der Waals surface area contributed by atoms with Crippen LogP contribution in [0.25, 0.3) is 0 Å². The molecular weight excluding hydrogens is 346 g/mol. The van der Waals surface area contributed by atoms with Crippen LogP contribution in [-0.4, -0.2) is 47.5 Å². The van der Waals surface area contributed by atoms with Gasteiger partial charge in [-0.05, 0) is 63.3 Å². The zero-order valence-corrected chi connectivity index (χ0v) is 15.9. The molecule has 7 heteroatoms. The molecule has 2 saturated heterocycles. The van der Waals surface area contributed by atoms with Crippen molar-refractivity contribution in [3.05, 3.63) is 29.8 Å². The van der Waals surface area contributed by atoms with Crippen molar-refractivity contribution < 1.29 is 19.1 Å². The van der Waals surface area contributed by atoms with Crippen LogP contribution in [0.1, 0.15) is 56.3 Å². The maximum atomic E-state index is 12.9. The molecule has 0 spiro atoms. The van der Waals surface area contributed by atoms with Crippen LogP contribution in [0.5, 0.6) is 0 Å². The summed E-state index contributed by atoms with van der Waals surface area (Å²) in [5.74, 6) is -0.386. The molecule has 2 N–H and O–H groups in total. The zero-order valence-electron chi connectivity index (χ0n) is 15.9. The number of carbonyl (C=O) groups excluding carboxylic acids is 3. The Morgan fingerprint density at radius 2 is 1.74 bits per heavy atom. The Kier molecular flexibility index (Phi) is 5.98. The van der Waals surface area contributed by atoms with Crippen LogP contribution >= 0.6 is 0 Å². The summed E-state index contributed by atoms with van der Waals surface area (Å²) in [6.07, 6.45) is 4.63. The summed E-state index contributed by atoms with van der Waals surface area (Å²) in [5.41, 5.74) is 1.11. The molecule has 2 aliphatic heterocycles. The molecule has 2 bridgehead atoms. The van der Waals surface area contributed by atoms with Crippen LogP contribution in [-0.2, 0) is 9.53 Å². The third-order valence-corrected chi connectivity index (χ3v) is 5.26. The maximum Gasteiger partial charge on any atom is 0.338 e. The van der Waals surface area contributed by atoms with E-state index in [1.54, 1.807) is 31.2 Å². The summed E-state index contributed by atoms with van der Waals surface area (Å²) in [7, 11) is 0. The molecule has 1 aromatic rings. The number of anilines is 1. The van der Waals surface area contributed by atoms with E-state index in [2.05, 4.69) is 10.6 Å². The van der Waals surface area contributed by atoms with Crippen molar-refractivity contribution in [3.8, 4) is 0 Å². The summed E-state index contributed by atoms with van der Waals surface area (Å²) in [6, 6.07) is 7.05. The zero-order chi connectivity index (χ0) is 19.4. The van der Waals surface area contributed by atoms with Crippen LogP contribution in [0.2, 0.25) is 0 Å². The smallest absolute Gasteiger partial charge is 0.338 e. The second-order valence-corrected chi connectivity index (χ2v) is 7.24. The van der Waals surface area contributed by atoms with Gasteiger partial charge in [0.25, 0.3) is 0 Å². The fraction of sp³-hybridized carbons (Fsp3) is 0.550. The second-order valence-electron chi connectivity index (χ2n) is 7.24. The number of nitrogens with one attached hydrogen (secondary N) is 2. The first-order valence-corrected chi connectivity index (χ1v) is 9.61. The maximum absolute atomic E-state index is 12.9. The van der Waals surface area contributed by atoms with Crippen molar-refractivity contribution in [2.24, 2.45) is 0 Å². The average Bonchev–Trinajstić information content (AvgIpc) is 2.61. The Morgan fingerprint density at radius 1 is 1.11 bits per heavy atom. The van der Waals surface area contributed by atoms with Crippen molar-refractivity contribution in [3.63, 3.8) is 0 Å². The minimum atomic E-state index is -0.370. The van der Waals surface area contributed by atoms with Gasteiger partial charge >= 0.3 is 12.0 Å². The Morgan fingerprint density at radius 3 is 2.30 bits per heavy atom. The van der Waals surface area contributed by atoms with E-state index in [1.807, 2.05) is 4.90 Å². The van der Waals surface area contributed by atoms with E-state index >= 15 is 0 Å². The third-order valence-electron chi connectivity index (χ3n) is 5.26. The SMILES string of the molecule is CCOC(=O)c1ccc(NC(=O)N2[C@H]3CCC[C@H]2CC(NC(C)=O)C3)cc1. The van der Waals surface area contributed by atoms with Crippen LogP contribution in [0.3, 0.4) is 0 Å². The van der Waals surface area contributed by atoms with Crippen molar-refractivity contribution in [1.82, 2.24) is 10.2 Å². The van der Waals surface area contributed by atoms with Gasteiger partial charge in [-0.1, -0.05) is 0 Å². The average molecular weight is 373 g/mol. The summed E-state index contributed by atoms with van der Waals surface area (Å²) in [6.45, 7) is 3.63. The fourth-order valence-electron chi connectivity index (χ4n) is 4.21. The molecule has 0 aromatic heterocycles. The lowest BCUT2D eigenvalue weighted by Crippen LogP contribution is -2.59. The van der Waals surface area contributed by atoms with E-state index < -0.39 is 0 Å². The summed E-state index contributed by atoms with van der Waals surface area (Å²) in [4.78, 5) is 37.9. The van der Waals surface area contributed by atoms with E-state index in [-0.39, 0.29) is 36.0 Å². The number of rotatable bonds is 4. The van der Waals surface area contributed by atoms with Crippen molar-refractivity contribution >= 4 is 23.6 Å². The molecule has 2 heterocycles.